The number of halogens is 3. The van der Waals surface area contributed by atoms with Gasteiger partial charge in [-0.25, -0.2) is 4.98 Å². The predicted octanol–water partition coefficient (Wildman–Crippen LogP) is 2.70. The second-order valence-corrected chi connectivity index (χ2v) is 8.24. The van der Waals surface area contributed by atoms with E-state index in [1.165, 1.54) is 6.07 Å². The maximum absolute atomic E-state index is 12.8. The van der Waals surface area contributed by atoms with Gasteiger partial charge in [-0.1, -0.05) is 23.9 Å². The number of rotatable bonds is 4. The van der Waals surface area contributed by atoms with Crippen LogP contribution in [0.25, 0.3) is 0 Å². The maximum Gasteiger partial charge on any atom is 0.417 e. The Morgan fingerprint density at radius 1 is 1.03 bits per heavy atom. The number of thioether (sulfide) groups is 1. The van der Waals surface area contributed by atoms with Crippen LogP contribution < -0.4 is 9.47 Å². The van der Waals surface area contributed by atoms with E-state index in [0.29, 0.717) is 42.7 Å². The van der Waals surface area contributed by atoms with Crippen molar-refractivity contribution in [1.82, 2.24) is 14.8 Å². The number of pyridine rings is 1. The molecule has 1 aromatic heterocycles. The first kappa shape index (κ1) is 22.3. The molecular formula is C21H20F3N3O4S. The molecule has 1 fully saturated rings. The minimum atomic E-state index is -4.44. The second-order valence-electron chi connectivity index (χ2n) is 7.24. The fourth-order valence-electron chi connectivity index (χ4n) is 3.38. The number of benzene rings is 1. The number of carbonyl (C=O) groups excluding carboxylic acids is 2. The Hall–Kier alpha value is -2.95. The summed E-state index contributed by atoms with van der Waals surface area (Å²) in [5.41, 5.74) is -0.829. The van der Waals surface area contributed by atoms with Gasteiger partial charge in [0.15, 0.2) is 11.5 Å². The lowest BCUT2D eigenvalue weighted by molar-refractivity contribution is -0.145. The third kappa shape index (κ3) is 5.09. The van der Waals surface area contributed by atoms with E-state index in [9.17, 15) is 22.8 Å². The first-order valence-corrected chi connectivity index (χ1v) is 10.9. The zero-order valence-electron chi connectivity index (χ0n) is 16.9. The van der Waals surface area contributed by atoms with Gasteiger partial charge in [0, 0.05) is 32.4 Å². The van der Waals surface area contributed by atoms with Crippen LogP contribution >= 0.6 is 11.8 Å². The van der Waals surface area contributed by atoms with Crippen molar-refractivity contribution in [2.75, 3.05) is 38.5 Å². The number of alkyl halides is 3. The SMILES string of the molecule is O=C(CSc1ccc(C(F)(F)F)cn1)N1CCN(C(=O)[C@H]2COc3ccccc3O2)CC1. The summed E-state index contributed by atoms with van der Waals surface area (Å²) >= 11 is 1.08. The highest BCUT2D eigenvalue weighted by atomic mass is 32.2. The zero-order chi connectivity index (χ0) is 22.7. The van der Waals surface area contributed by atoms with Crippen molar-refractivity contribution in [3.63, 3.8) is 0 Å². The van der Waals surface area contributed by atoms with Crippen LogP contribution in [0.5, 0.6) is 11.5 Å². The van der Waals surface area contributed by atoms with Gasteiger partial charge in [-0.2, -0.15) is 13.2 Å². The summed E-state index contributed by atoms with van der Waals surface area (Å²) in [4.78, 5) is 32.3. The van der Waals surface area contributed by atoms with Gasteiger partial charge in [-0.05, 0) is 24.3 Å². The Kier molecular flexibility index (Phi) is 6.45. The number of aromatic nitrogens is 1. The summed E-state index contributed by atoms with van der Waals surface area (Å²) in [6.45, 7) is 1.61. The molecule has 4 rings (SSSR count). The lowest BCUT2D eigenvalue weighted by atomic mass is 10.2. The van der Waals surface area contributed by atoms with Crippen LogP contribution in [0.1, 0.15) is 5.56 Å². The monoisotopic (exact) mass is 467 g/mol. The standard InChI is InChI=1S/C21H20F3N3O4S/c22-21(23,24)14-5-6-18(25-11-14)32-13-19(28)26-7-9-27(10-8-26)20(29)17-12-30-15-3-1-2-4-16(15)31-17/h1-6,11,17H,7-10,12-13H2/t17-/m1/s1. The molecule has 0 spiro atoms. The van der Waals surface area contributed by atoms with E-state index in [2.05, 4.69) is 4.98 Å². The molecule has 0 N–H and O–H groups in total. The minimum absolute atomic E-state index is 0.0582. The van der Waals surface area contributed by atoms with Crippen molar-refractivity contribution < 1.29 is 32.2 Å². The van der Waals surface area contributed by atoms with Crippen LogP contribution in [-0.4, -0.2) is 71.2 Å². The second kappa shape index (κ2) is 9.27. The number of fused-ring (bicyclic) bond motifs is 1. The van der Waals surface area contributed by atoms with Crippen LogP contribution in [0.4, 0.5) is 13.2 Å². The van der Waals surface area contributed by atoms with Gasteiger partial charge in [0.1, 0.15) is 6.61 Å². The molecule has 2 aliphatic rings. The van der Waals surface area contributed by atoms with Gasteiger partial charge in [0.05, 0.1) is 16.3 Å². The van der Waals surface area contributed by atoms with Gasteiger partial charge < -0.3 is 19.3 Å². The molecule has 170 valence electrons. The molecule has 2 amide bonds. The van der Waals surface area contributed by atoms with E-state index in [-0.39, 0.29) is 24.2 Å². The fourth-order valence-corrected chi connectivity index (χ4v) is 4.13. The Morgan fingerprint density at radius 2 is 1.72 bits per heavy atom. The number of hydrogen-bond acceptors (Lipinski definition) is 6. The van der Waals surface area contributed by atoms with Crippen LogP contribution in [0.3, 0.4) is 0 Å². The molecule has 0 unspecified atom stereocenters. The highest BCUT2D eigenvalue weighted by Crippen LogP contribution is 2.32. The van der Waals surface area contributed by atoms with Crippen LogP contribution in [0, 0.1) is 0 Å². The lowest BCUT2D eigenvalue weighted by Crippen LogP contribution is -2.55. The average molecular weight is 467 g/mol. The molecular weight excluding hydrogens is 447 g/mol. The Balaban J connectivity index is 1.24. The van der Waals surface area contributed by atoms with Crippen molar-refractivity contribution >= 4 is 23.6 Å². The maximum atomic E-state index is 12.8. The molecule has 2 aliphatic heterocycles. The number of ether oxygens (including phenoxy) is 2. The molecule has 0 bridgehead atoms. The molecule has 2 aromatic rings. The summed E-state index contributed by atoms with van der Waals surface area (Å²) in [5.74, 6) is 0.847. The number of para-hydroxylation sites is 2. The number of hydrogen-bond donors (Lipinski definition) is 0. The smallest absolute Gasteiger partial charge is 0.417 e. The fraction of sp³-hybridized carbons (Fsp3) is 0.381. The summed E-state index contributed by atoms with van der Waals surface area (Å²) < 4.78 is 49.2. The van der Waals surface area contributed by atoms with E-state index in [1.807, 2.05) is 6.07 Å². The third-order valence-electron chi connectivity index (χ3n) is 5.14. The van der Waals surface area contributed by atoms with E-state index >= 15 is 0 Å². The van der Waals surface area contributed by atoms with Gasteiger partial charge in [0.2, 0.25) is 12.0 Å². The Labute approximate surface area is 186 Å². The van der Waals surface area contributed by atoms with Crippen molar-refractivity contribution in [3.8, 4) is 11.5 Å². The number of carbonyl (C=O) groups is 2. The van der Waals surface area contributed by atoms with Crippen LogP contribution in [0.2, 0.25) is 0 Å². The van der Waals surface area contributed by atoms with E-state index in [1.54, 1.807) is 28.0 Å². The van der Waals surface area contributed by atoms with Gasteiger partial charge >= 0.3 is 6.18 Å². The molecule has 32 heavy (non-hydrogen) atoms. The lowest BCUT2D eigenvalue weighted by Gasteiger charge is -2.37. The zero-order valence-corrected chi connectivity index (χ0v) is 17.7. The largest absolute Gasteiger partial charge is 0.485 e. The summed E-state index contributed by atoms with van der Waals surface area (Å²) in [5, 5.41) is 0.342. The Bertz CT molecular complexity index is 979. The molecule has 1 saturated heterocycles. The predicted molar refractivity (Wildman–Crippen MR) is 109 cm³/mol. The van der Waals surface area contributed by atoms with Crippen molar-refractivity contribution in [2.24, 2.45) is 0 Å². The van der Waals surface area contributed by atoms with Gasteiger partial charge in [-0.15, -0.1) is 0 Å². The average Bonchev–Trinajstić information content (AvgIpc) is 2.81. The highest BCUT2D eigenvalue weighted by molar-refractivity contribution is 7.99. The first-order valence-electron chi connectivity index (χ1n) is 9.92. The van der Waals surface area contributed by atoms with Crippen molar-refractivity contribution in [3.05, 3.63) is 48.2 Å². The molecule has 1 aromatic carbocycles. The number of nitrogens with zero attached hydrogens (tertiary/aromatic N) is 3. The van der Waals surface area contributed by atoms with Crippen molar-refractivity contribution in [1.29, 1.82) is 0 Å². The van der Waals surface area contributed by atoms with Gasteiger partial charge in [-0.3, -0.25) is 9.59 Å². The number of piperazine rings is 1. The van der Waals surface area contributed by atoms with E-state index in [4.69, 9.17) is 9.47 Å². The molecule has 3 heterocycles. The molecule has 0 radical (unpaired) electrons. The summed E-state index contributed by atoms with van der Waals surface area (Å²) in [6.07, 6.45) is -4.41. The minimum Gasteiger partial charge on any atom is -0.485 e. The van der Waals surface area contributed by atoms with Crippen LogP contribution in [-0.2, 0) is 15.8 Å². The highest BCUT2D eigenvalue weighted by Gasteiger charge is 2.33. The van der Waals surface area contributed by atoms with E-state index in [0.717, 1.165) is 24.0 Å². The summed E-state index contributed by atoms with van der Waals surface area (Å²) in [6, 6.07) is 9.35. The molecule has 1 atom stereocenters. The molecule has 7 nitrogen and oxygen atoms in total. The normalized spacial score (nSPS) is 18.4. The Morgan fingerprint density at radius 3 is 2.38 bits per heavy atom. The first-order chi connectivity index (χ1) is 15.3. The quantitative estimate of drug-likeness (QED) is 0.644. The van der Waals surface area contributed by atoms with Gasteiger partial charge in [0.25, 0.3) is 5.91 Å². The topological polar surface area (TPSA) is 72.0 Å². The molecule has 0 aliphatic carbocycles. The molecule has 0 saturated carbocycles. The third-order valence-corrected chi connectivity index (χ3v) is 6.06. The van der Waals surface area contributed by atoms with E-state index < -0.39 is 17.8 Å². The summed E-state index contributed by atoms with van der Waals surface area (Å²) in [7, 11) is 0. The van der Waals surface area contributed by atoms with Crippen LogP contribution in [0.15, 0.2) is 47.6 Å². The molecule has 11 heteroatoms. The number of amides is 2. The van der Waals surface area contributed by atoms with Crippen molar-refractivity contribution in [2.45, 2.75) is 17.3 Å².